The molecule has 0 bridgehead atoms. The van der Waals surface area contributed by atoms with Crippen LogP contribution in [0.2, 0.25) is 0 Å². The molecule has 192 valence electrons. The molecule has 3 heterocycles. The molecule has 0 amide bonds. The monoisotopic (exact) mass is 502 g/mol. The average Bonchev–Trinajstić information content (AvgIpc) is 3.27. The first-order valence-electron chi connectivity index (χ1n) is 10.3. The number of nitrogens with zero attached hydrogens (tertiary/aromatic N) is 2. The van der Waals surface area contributed by atoms with Crippen LogP contribution >= 0.6 is 0 Å². The Labute approximate surface area is 190 Å². The lowest BCUT2D eigenvalue weighted by Gasteiger charge is -2.35. The molecule has 0 radical (unpaired) electrons. The Hall–Kier alpha value is -2.61. The van der Waals surface area contributed by atoms with Crippen molar-refractivity contribution >= 4 is 11.9 Å². The van der Waals surface area contributed by atoms with E-state index in [4.69, 9.17) is 29.3 Å². The van der Waals surface area contributed by atoms with E-state index in [-0.39, 0.29) is 11.7 Å². The zero-order valence-electron chi connectivity index (χ0n) is 17.8. The van der Waals surface area contributed by atoms with Gasteiger partial charge in [0.25, 0.3) is 0 Å². The highest BCUT2D eigenvalue weighted by molar-refractivity contribution is 5.73. The van der Waals surface area contributed by atoms with Gasteiger partial charge in [0.2, 0.25) is 5.88 Å². The molecule has 14 heteroatoms. The molecule has 8 nitrogen and oxygen atoms in total. The lowest BCUT2D eigenvalue weighted by molar-refractivity contribution is -0.193. The Morgan fingerprint density at radius 2 is 1.68 bits per heavy atom. The fourth-order valence-corrected chi connectivity index (χ4v) is 3.69. The SMILES string of the molecule is O=C(O)C(F)(F)F.O=C(O)C(F)(F)F.c1ccc(O[C@H]2CO[C@@]3(CCN(C4CCC4)C3)C2)nc1. The van der Waals surface area contributed by atoms with Gasteiger partial charge in [0.15, 0.2) is 0 Å². The largest absolute Gasteiger partial charge is 0.490 e. The predicted octanol–water partition coefficient (Wildman–Crippen LogP) is 3.51. The maximum absolute atomic E-state index is 10.6. The van der Waals surface area contributed by atoms with E-state index in [0.29, 0.717) is 12.5 Å². The summed E-state index contributed by atoms with van der Waals surface area (Å²) in [4.78, 5) is 24.7. The predicted molar refractivity (Wildman–Crippen MR) is 103 cm³/mol. The van der Waals surface area contributed by atoms with Crippen molar-refractivity contribution in [2.45, 2.75) is 62.2 Å². The summed E-state index contributed by atoms with van der Waals surface area (Å²) in [5, 5.41) is 14.2. The number of halogens is 6. The smallest absolute Gasteiger partial charge is 0.475 e. The second-order valence-corrected chi connectivity index (χ2v) is 8.02. The summed E-state index contributed by atoms with van der Waals surface area (Å²) < 4.78 is 75.6. The van der Waals surface area contributed by atoms with Gasteiger partial charge in [-0.3, -0.25) is 4.90 Å². The molecule has 2 N–H and O–H groups in total. The number of aliphatic carboxylic acids is 2. The van der Waals surface area contributed by atoms with E-state index < -0.39 is 24.3 Å². The van der Waals surface area contributed by atoms with Crippen LogP contribution in [0.3, 0.4) is 0 Å². The number of alkyl halides is 6. The summed E-state index contributed by atoms with van der Waals surface area (Å²) in [5.41, 5.74) is 0.0506. The minimum absolute atomic E-state index is 0.0506. The molecule has 4 rings (SSSR count). The first-order chi connectivity index (χ1) is 15.7. The molecular formula is C20H24F6N2O6. The third kappa shape index (κ3) is 8.31. The summed E-state index contributed by atoms with van der Waals surface area (Å²) in [5.74, 6) is -4.80. The quantitative estimate of drug-likeness (QED) is 0.605. The second kappa shape index (κ2) is 11.2. The minimum atomic E-state index is -5.08. The van der Waals surface area contributed by atoms with E-state index >= 15 is 0 Å². The van der Waals surface area contributed by atoms with E-state index in [0.717, 1.165) is 25.4 Å². The number of carbonyl (C=O) groups is 2. The highest BCUT2D eigenvalue weighted by Gasteiger charge is 2.48. The summed E-state index contributed by atoms with van der Waals surface area (Å²) in [6.45, 7) is 3.00. The van der Waals surface area contributed by atoms with Crippen LogP contribution in [-0.2, 0) is 14.3 Å². The van der Waals surface area contributed by atoms with Gasteiger partial charge in [0.1, 0.15) is 6.10 Å². The first kappa shape index (κ1) is 27.6. The van der Waals surface area contributed by atoms with Crippen LogP contribution in [0.4, 0.5) is 26.3 Å². The van der Waals surface area contributed by atoms with Gasteiger partial charge in [-0.2, -0.15) is 26.3 Å². The number of hydrogen-bond acceptors (Lipinski definition) is 6. The van der Waals surface area contributed by atoms with E-state index in [1.54, 1.807) is 6.20 Å². The van der Waals surface area contributed by atoms with Crippen LogP contribution in [0.5, 0.6) is 5.88 Å². The molecule has 3 aliphatic rings. The molecule has 0 unspecified atom stereocenters. The van der Waals surface area contributed by atoms with Crippen molar-refractivity contribution in [2.24, 2.45) is 0 Å². The van der Waals surface area contributed by atoms with Gasteiger partial charge < -0.3 is 19.7 Å². The molecule has 3 fully saturated rings. The minimum Gasteiger partial charge on any atom is -0.475 e. The molecular weight excluding hydrogens is 478 g/mol. The zero-order valence-corrected chi connectivity index (χ0v) is 17.8. The Morgan fingerprint density at radius 1 is 1.09 bits per heavy atom. The van der Waals surface area contributed by atoms with Crippen LogP contribution in [0.25, 0.3) is 0 Å². The number of aromatic nitrogens is 1. The van der Waals surface area contributed by atoms with E-state index in [9.17, 15) is 26.3 Å². The number of pyridine rings is 1. The first-order valence-corrected chi connectivity index (χ1v) is 10.3. The lowest BCUT2D eigenvalue weighted by atomic mass is 9.91. The Balaban J connectivity index is 0.000000244. The van der Waals surface area contributed by atoms with E-state index in [1.165, 1.54) is 25.8 Å². The number of likely N-dealkylation sites (tertiary alicyclic amines) is 1. The summed E-state index contributed by atoms with van der Waals surface area (Å²) in [6, 6.07) is 6.61. The van der Waals surface area contributed by atoms with E-state index in [1.807, 2.05) is 18.2 Å². The van der Waals surface area contributed by atoms with Gasteiger partial charge >= 0.3 is 24.3 Å². The molecule has 1 aromatic rings. The fourth-order valence-electron chi connectivity index (χ4n) is 3.69. The van der Waals surface area contributed by atoms with Crippen molar-refractivity contribution in [3.05, 3.63) is 24.4 Å². The molecule has 2 saturated heterocycles. The van der Waals surface area contributed by atoms with Crippen molar-refractivity contribution in [3.63, 3.8) is 0 Å². The van der Waals surface area contributed by atoms with Crippen LogP contribution in [0.15, 0.2) is 24.4 Å². The van der Waals surface area contributed by atoms with Gasteiger partial charge in [0.05, 0.1) is 12.2 Å². The summed E-state index contributed by atoms with van der Waals surface area (Å²) >= 11 is 0. The molecule has 2 aliphatic heterocycles. The number of ether oxygens (including phenoxy) is 2. The summed E-state index contributed by atoms with van der Waals surface area (Å²) in [6.07, 6.45) is -1.91. The number of carboxylic acids is 2. The van der Waals surface area contributed by atoms with Crippen LogP contribution in [0, 0.1) is 0 Å². The van der Waals surface area contributed by atoms with Gasteiger partial charge in [-0.25, -0.2) is 14.6 Å². The molecule has 2 atom stereocenters. The van der Waals surface area contributed by atoms with Gasteiger partial charge in [-0.1, -0.05) is 12.5 Å². The number of rotatable bonds is 3. The van der Waals surface area contributed by atoms with Crippen molar-refractivity contribution in [3.8, 4) is 5.88 Å². The maximum atomic E-state index is 10.6. The standard InChI is InChI=1S/C16H22N2O2.2C2HF3O2/c1-2-8-17-15(6-1)20-14-10-16(19-11-14)7-9-18(12-16)13-4-3-5-13;2*3-2(4,5)1(6)7/h1-2,6,8,13-14H,3-5,7,9-12H2;2*(H,6,7)/t14-,16+;;/m1../s1. The fraction of sp³-hybridized carbons (Fsp3) is 0.650. The van der Waals surface area contributed by atoms with Gasteiger partial charge in [0, 0.05) is 37.8 Å². The third-order valence-corrected chi connectivity index (χ3v) is 5.52. The molecule has 1 spiro atoms. The zero-order chi connectivity index (χ0) is 25.6. The van der Waals surface area contributed by atoms with Crippen molar-refractivity contribution < 1.29 is 55.6 Å². The van der Waals surface area contributed by atoms with Gasteiger partial charge in [-0.05, 0) is 25.3 Å². The lowest BCUT2D eigenvalue weighted by Crippen LogP contribution is -2.41. The highest BCUT2D eigenvalue weighted by atomic mass is 19.4. The van der Waals surface area contributed by atoms with Crippen molar-refractivity contribution in [1.29, 1.82) is 0 Å². The number of hydrogen-bond donors (Lipinski definition) is 2. The van der Waals surface area contributed by atoms with E-state index in [2.05, 4.69) is 9.88 Å². The normalized spacial score (nSPS) is 24.9. The van der Waals surface area contributed by atoms with Crippen LogP contribution in [0.1, 0.15) is 32.1 Å². The topological polar surface area (TPSA) is 109 Å². The second-order valence-electron chi connectivity index (χ2n) is 8.02. The van der Waals surface area contributed by atoms with Gasteiger partial charge in [-0.15, -0.1) is 0 Å². The summed E-state index contributed by atoms with van der Waals surface area (Å²) in [7, 11) is 0. The molecule has 1 aliphatic carbocycles. The Morgan fingerprint density at radius 3 is 2.12 bits per heavy atom. The van der Waals surface area contributed by atoms with Crippen molar-refractivity contribution in [1.82, 2.24) is 9.88 Å². The van der Waals surface area contributed by atoms with Crippen molar-refractivity contribution in [2.75, 3.05) is 19.7 Å². The van der Waals surface area contributed by atoms with Crippen LogP contribution < -0.4 is 4.74 Å². The molecule has 0 aromatic carbocycles. The molecule has 34 heavy (non-hydrogen) atoms. The van der Waals surface area contributed by atoms with Crippen LogP contribution in [-0.4, -0.2) is 81.8 Å². The maximum Gasteiger partial charge on any atom is 0.490 e. The molecule has 1 saturated carbocycles. The Bertz CT molecular complexity index is 794. The average molecular weight is 502 g/mol. The number of carboxylic acid groups (broad SMARTS) is 2. The third-order valence-electron chi connectivity index (χ3n) is 5.52. The highest BCUT2D eigenvalue weighted by Crippen LogP contribution is 2.39. The Kier molecular flexibility index (Phi) is 9.11. The molecule has 1 aromatic heterocycles.